The quantitative estimate of drug-likeness (QED) is 0.664. The lowest BCUT2D eigenvalue weighted by Gasteiger charge is -2.47. The van der Waals surface area contributed by atoms with Crippen LogP contribution in [0.4, 0.5) is 0 Å². The second-order valence-corrected chi connectivity index (χ2v) is 9.36. The molecule has 8 nitrogen and oxygen atoms in total. The molecular formula is C15H25N3O5S. The number of nitrogens with two attached hydrogens (primary N) is 1. The number of amides is 2. The van der Waals surface area contributed by atoms with Gasteiger partial charge in [0.25, 0.3) is 0 Å². The highest BCUT2D eigenvalue weighted by Gasteiger charge is 2.43. The van der Waals surface area contributed by atoms with Crippen LogP contribution in [0.5, 0.6) is 0 Å². The molecule has 0 bridgehead atoms. The molecule has 3 saturated heterocycles. The molecule has 3 aliphatic rings. The number of piperidine rings is 1. The Bertz CT molecular complexity index is 613. The highest BCUT2D eigenvalue weighted by atomic mass is 32.2. The lowest BCUT2D eigenvalue weighted by Crippen LogP contribution is -2.59. The molecule has 2 amide bonds. The number of hydrogen-bond donors (Lipinski definition) is 1. The fraction of sp³-hybridized carbons (Fsp3) is 0.867. The van der Waals surface area contributed by atoms with E-state index in [9.17, 15) is 18.0 Å². The van der Waals surface area contributed by atoms with E-state index in [1.165, 1.54) is 0 Å². The van der Waals surface area contributed by atoms with Crippen LogP contribution in [-0.4, -0.2) is 86.5 Å². The molecule has 0 saturated carbocycles. The van der Waals surface area contributed by atoms with Gasteiger partial charge in [0.05, 0.1) is 36.2 Å². The first kappa shape index (κ1) is 17.6. The summed E-state index contributed by atoms with van der Waals surface area (Å²) in [7, 11) is -3.06. The normalized spacial score (nSPS) is 29.7. The first-order chi connectivity index (χ1) is 11.3. The van der Waals surface area contributed by atoms with Crippen molar-refractivity contribution in [2.45, 2.75) is 24.9 Å². The second kappa shape index (κ2) is 6.61. The zero-order valence-corrected chi connectivity index (χ0v) is 14.6. The number of likely N-dealkylation sites (tertiary alicyclic amines) is 1. The van der Waals surface area contributed by atoms with Crippen molar-refractivity contribution >= 4 is 21.7 Å². The molecule has 136 valence electrons. The summed E-state index contributed by atoms with van der Waals surface area (Å²) in [6.07, 6.45) is 1.91. The van der Waals surface area contributed by atoms with E-state index in [0.717, 1.165) is 12.8 Å². The van der Waals surface area contributed by atoms with Crippen molar-refractivity contribution in [3.63, 3.8) is 0 Å². The van der Waals surface area contributed by atoms with E-state index >= 15 is 0 Å². The Morgan fingerprint density at radius 2 is 1.92 bits per heavy atom. The van der Waals surface area contributed by atoms with Gasteiger partial charge in [0, 0.05) is 26.2 Å². The summed E-state index contributed by atoms with van der Waals surface area (Å²) in [5.41, 5.74) is 4.86. The van der Waals surface area contributed by atoms with E-state index in [-0.39, 0.29) is 35.5 Å². The van der Waals surface area contributed by atoms with Gasteiger partial charge >= 0.3 is 0 Å². The average Bonchev–Trinajstić information content (AvgIpc) is 2.89. The summed E-state index contributed by atoms with van der Waals surface area (Å²) in [4.78, 5) is 27.5. The second-order valence-electron chi connectivity index (χ2n) is 7.13. The molecule has 1 atom stereocenters. The van der Waals surface area contributed by atoms with Gasteiger partial charge in [0.15, 0.2) is 9.84 Å². The van der Waals surface area contributed by atoms with Gasteiger partial charge in [0.1, 0.15) is 0 Å². The number of carbonyl (C=O) groups is 2. The summed E-state index contributed by atoms with van der Waals surface area (Å²) in [6.45, 7) is 3.17. The Labute approximate surface area is 142 Å². The predicted octanol–water partition coefficient (Wildman–Crippen LogP) is -1.40. The van der Waals surface area contributed by atoms with Crippen molar-refractivity contribution in [2.75, 3.05) is 50.8 Å². The first-order valence-corrected chi connectivity index (χ1v) is 10.2. The largest absolute Gasteiger partial charge is 0.371 e. The number of ether oxygens (including phenoxy) is 1. The van der Waals surface area contributed by atoms with Gasteiger partial charge in [-0.15, -0.1) is 0 Å². The van der Waals surface area contributed by atoms with Gasteiger partial charge < -0.3 is 15.4 Å². The molecule has 0 aromatic heterocycles. The van der Waals surface area contributed by atoms with E-state index in [2.05, 4.69) is 0 Å². The number of sulfone groups is 1. The third kappa shape index (κ3) is 3.89. The molecule has 0 aromatic carbocycles. The van der Waals surface area contributed by atoms with E-state index in [1.807, 2.05) is 4.90 Å². The van der Waals surface area contributed by atoms with Crippen LogP contribution in [0.15, 0.2) is 0 Å². The number of nitrogens with zero attached hydrogens (tertiary/aromatic N) is 2. The Hall–Kier alpha value is -1.19. The van der Waals surface area contributed by atoms with Crippen LogP contribution in [-0.2, 0) is 24.2 Å². The van der Waals surface area contributed by atoms with Crippen molar-refractivity contribution in [2.24, 2.45) is 11.7 Å². The number of rotatable bonds is 3. The molecule has 3 aliphatic heterocycles. The molecule has 1 unspecified atom stereocenters. The summed E-state index contributed by atoms with van der Waals surface area (Å²) in [5.74, 6) is -0.711. The van der Waals surface area contributed by atoms with Gasteiger partial charge in [-0.1, -0.05) is 0 Å². The molecule has 3 fully saturated rings. The van der Waals surface area contributed by atoms with Crippen molar-refractivity contribution in [1.29, 1.82) is 0 Å². The smallest absolute Gasteiger partial charge is 0.231 e. The fourth-order valence-electron chi connectivity index (χ4n) is 3.92. The van der Waals surface area contributed by atoms with Crippen LogP contribution in [0.3, 0.4) is 0 Å². The molecule has 9 heteroatoms. The molecule has 0 radical (unpaired) electrons. The predicted molar refractivity (Wildman–Crippen MR) is 86.9 cm³/mol. The topological polar surface area (TPSA) is 110 Å². The Morgan fingerprint density at radius 3 is 2.50 bits per heavy atom. The highest BCUT2D eigenvalue weighted by Crippen LogP contribution is 2.31. The van der Waals surface area contributed by atoms with Gasteiger partial charge in [-0.2, -0.15) is 0 Å². The van der Waals surface area contributed by atoms with E-state index in [1.54, 1.807) is 4.90 Å². The zero-order chi connectivity index (χ0) is 17.4. The molecule has 0 aliphatic carbocycles. The van der Waals surface area contributed by atoms with Crippen LogP contribution in [0.2, 0.25) is 0 Å². The third-order valence-electron chi connectivity index (χ3n) is 5.29. The SMILES string of the molecule is NC(=O)CN1CCC2(CC1)CN(C(=O)C1CCS(=O)(=O)C1)CCO2. The minimum Gasteiger partial charge on any atom is -0.371 e. The zero-order valence-electron chi connectivity index (χ0n) is 13.8. The van der Waals surface area contributed by atoms with Crippen molar-refractivity contribution in [1.82, 2.24) is 9.80 Å². The van der Waals surface area contributed by atoms with Crippen molar-refractivity contribution < 1.29 is 22.7 Å². The Morgan fingerprint density at radius 1 is 1.21 bits per heavy atom. The Kier molecular flexibility index (Phi) is 4.85. The van der Waals surface area contributed by atoms with Crippen molar-refractivity contribution in [3.05, 3.63) is 0 Å². The summed E-state index contributed by atoms with van der Waals surface area (Å²) >= 11 is 0. The molecular weight excluding hydrogens is 334 g/mol. The number of hydrogen-bond acceptors (Lipinski definition) is 6. The summed E-state index contributed by atoms with van der Waals surface area (Å²) in [6, 6.07) is 0. The first-order valence-electron chi connectivity index (χ1n) is 8.42. The summed E-state index contributed by atoms with van der Waals surface area (Å²) < 4.78 is 29.2. The molecule has 2 N–H and O–H groups in total. The van der Waals surface area contributed by atoms with Crippen LogP contribution < -0.4 is 5.73 Å². The van der Waals surface area contributed by atoms with Crippen LogP contribution in [0.25, 0.3) is 0 Å². The van der Waals surface area contributed by atoms with E-state index in [4.69, 9.17) is 10.5 Å². The monoisotopic (exact) mass is 359 g/mol. The van der Waals surface area contributed by atoms with E-state index in [0.29, 0.717) is 39.2 Å². The van der Waals surface area contributed by atoms with Crippen LogP contribution in [0, 0.1) is 5.92 Å². The molecule has 3 rings (SSSR count). The number of carbonyl (C=O) groups excluding carboxylic acids is 2. The maximum atomic E-state index is 12.7. The molecule has 0 aromatic rings. The maximum absolute atomic E-state index is 12.7. The standard InChI is InChI=1S/C15H25N3O5S/c16-13(19)9-17-4-2-15(3-5-17)11-18(6-7-23-15)14(20)12-1-8-24(21,22)10-12/h12H,1-11H2,(H2,16,19). The Balaban J connectivity index is 1.59. The van der Waals surface area contributed by atoms with Gasteiger partial charge in [-0.3, -0.25) is 14.5 Å². The lowest BCUT2D eigenvalue weighted by atomic mass is 9.88. The minimum absolute atomic E-state index is 0.0252. The van der Waals surface area contributed by atoms with Gasteiger partial charge in [-0.05, 0) is 19.3 Å². The van der Waals surface area contributed by atoms with Crippen molar-refractivity contribution in [3.8, 4) is 0 Å². The van der Waals surface area contributed by atoms with Crippen LogP contribution in [0.1, 0.15) is 19.3 Å². The fourth-order valence-corrected chi connectivity index (χ4v) is 5.66. The average molecular weight is 359 g/mol. The molecule has 1 spiro atoms. The number of morpholine rings is 1. The van der Waals surface area contributed by atoms with Crippen LogP contribution >= 0.6 is 0 Å². The number of primary amides is 1. The summed E-state index contributed by atoms with van der Waals surface area (Å²) in [5, 5.41) is 0. The third-order valence-corrected chi connectivity index (χ3v) is 7.06. The lowest BCUT2D eigenvalue weighted by molar-refractivity contribution is -0.162. The van der Waals surface area contributed by atoms with E-state index < -0.39 is 15.8 Å². The minimum atomic E-state index is -3.06. The van der Waals surface area contributed by atoms with Gasteiger partial charge in [0.2, 0.25) is 11.8 Å². The highest BCUT2D eigenvalue weighted by molar-refractivity contribution is 7.91. The molecule has 3 heterocycles. The molecule has 24 heavy (non-hydrogen) atoms. The van der Waals surface area contributed by atoms with Gasteiger partial charge in [-0.25, -0.2) is 8.42 Å². The maximum Gasteiger partial charge on any atom is 0.231 e.